The van der Waals surface area contributed by atoms with Gasteiger partial charge in [-0.25, -0.2) is 4.98 Å². The fourth-order valence-corrected chi connectivity index (χ4v) is 3.97. The largest absolute Gasteiger partial charge is 0.493 e. The zero-order valence-corrected chi connectivity index (χ0v) is 16.9. The summed E-state index contributed by atoms with van der Waals surface area (Å²) in [6.07, 6.45) is 0. The van der Waals surface area contributed by atoms with Crippen LogP contribution in [0.1, 0.15) is 22.9 Å². The minimum Gasteiger partial charge on any atom is -0.493 e. The summed E-state index contributed by atoms with van der Waals surface area (Å²) in [6, 6.07) is 16.8. The number of methoxy groups -OCH3 is 2. The number of anilines is 1. The third-order valence-electron chi connectivity index (χ3n) is 5.46. The van der Waals surface area contributed by atoms with Crippen LogP contribution in [0.5, 0.6) is 11.5 Å². The highest BCUT2D eigenvalue weighted by molar-refractivity contribution is 5.98. The summed E-state index contributed by atoms with van der Waals surface area (Å²) in [6.45, 7) is 4.38. The number of nitriles is 1. The Morgan fingerprint density at radius 2 is 1.79 bits per heavy atom. The zero-order valence-electron chi connectivity index (χ0n) is 16.9. The molecule has 0 spiro atoms. The molecule has 0 aliphatic carbocycles. The van der Waals surface area contributed by atoms with Gasteiger partial charge in [0.05, 0.1) is 25.5 Å². The highest BCUT2D eigenvalue weighted by atomic mass is 16.5. The van der Waals surface area contributed by atoms with Crippen molar-refractivity contribution in [2.45, 2.75) is 13.0 Å². The number of ether oxygens (including phenoxy) is 2. The van der Waals surface area contributed by atoms with Crippen molar-refractivity contribution in [2.75, 3.05) is 38.8 Å². The van der Waals surface area contributed by atoms with Gasteiger partial charge in [0, 0.05) is 36.4 Å². The molecule has 4 rings (SSSR count). The van der Waals surface area contributed by atoms with Crippen molar-refractivity contribution in [3.8, 4) is 17.6 Å². The molecule has 1 saturated heterocycles. The Labute approximate surface area is 170 Å². The van der Waals surface area contributed by atoms with Gasteiger partial charge in [0.25, 0.3) is 0 Å². The van der Waals surface area contributed by atoms with E-state index in [4.69, 9.17) is 14.5 Å². The molecule has 29 heavy (non-hydrogen) atoms. The number of nitrogens with zero attached hydrogens (tertiary/aromatic N) is 3. The van der Waals surface area contributed by atoms with Gasteiger partial charge in [-0.05, 0) is 24.6 Å². The van der Waals surface area contributed by atoms with E-state index in [0.29, 0.717) is 17.1 Å². The lowest BCUT2D eigenvalue weighted by molar-refractivity contribution is 0.356. The Hall–Kier alpha value is -3.30. The molecule has 1 fully saturated rings. The van der Waals surface area contributed by atoms with Crippen molar-refractivity contribution < 1.29 is 9.47 Å². The Morgan fingerprint density at radius 1 is 1.10 bits per heavy atom. The molecule has 1 atom stereocenters. The smallest absolute Gasteiger partial charge is 0.161 e. The van der Waals surface area contributed by atoms with Crippen LogP contribution in [0.2, 0.25) is 0 Å². The number of aryl methyl sites for hydroxylation is 1. The summed E-state index contributed by atoms with van der Waals surface area (Å²) in [5.41, 5.74) is 2.54. The monoisotopic (exact) mass is 388 g/mol. The number of hydrogen-bond acceptors (Lipinski definition) is 6. The lowest BCUT2D eigenvalue weighted by Crippen LogP contribution is -2.46. The molecule has 3 aromatic rings. The van der Waals surface area contributed by atoms with Gasteiger partial charge >= 0.3 is 0 Å². The van der Waals surface area contributed by atoms with Crippen LogP contribution in [-0.2, 0) is 0 Å². The third kappa shape index (κ3) is 3.45. The first kappa shape index (κ1) is 19.0. The number of aromatic nitrogens is 1. The molecule has 0 amide bonds. The Morgan fingerprint density at radius 3 is 2.45 bits per heavy atom. The number of rotatable bonds is 4. The summed E-state index contributed by atoms with van der Waals surface area (Å²) in [7, 11) is 3.22. The second kappa shape index (κ2) is 7.98. The maximum Gasteiger partial charge on any atom is 0.161 e. The predicted molar refractivity (Wildman–Crippen MR) is 114 cm³/mol. The Kier molecular flexibility index (Phi) is 5.24. The van der Waals surface area contributed by atoms with E-state index < -0.39 is 0 Å². The molecule has 1 aromatic heterocycles. The first-order valence-corrected chi connectivity index (χ1v) is 9.66. The van der Waals surface area contributed by atoms with E-state index in [9.17, 15) is 5.26 Å². The standard InChI is InChI=1S/C23H24N4O2/c1-15-19(13-24)17-11-21(28-2)22(29-3)12-18(17)23(26-15)27-10-9-25-20(14-27)16-7-5-4-6-8-16/h4-8,11-12,20,25H,9-10,14H2,1-3H3/t20-/m1/s1. The zero-order chi connectivity index (χ0) is 20.4. The number of benzene rings is 2. The number of pyridine rings is 1. The van der Waals surface area contributed by atoms with Gasteiger partial charge in [0.2, 0.25) is 0 Å². The van der Waals surface area contributed by atoms with Crippen molar-refractivity contribution in [1.82, 2.24) is 10.3 Å². The summed E-state index contributed by atoms with van der Waals surface area (Å²) in [5.74, 6) is 2.11. The van der Waals surface area contributed by atoms with Gasteiger partial charge < -0.3 is 19.7 Å². The van der Waals surface area contributed by atoms with E-state index in [-0.39, 0.29) is 6.04 Å². The molecule has 1 aliphatic rings. The van der Waals surface area contributed by atoms with Crippen LogP contribution in [-0.4, -0.2) is 38.8 Å². The molecule has 0 saturated carbocycles. The van der Waals surface area contributed by atoms with E-state index in [2.05, 4.69) is 40.6 Å². The number of nitrogens with one attached hydrogen (secondary N) is 1. The van der Waals surface area contributed by atoms with Crippen molar-refractivity contribution in [1.29, 1.82) is 5.26 Å². The van der Waals surface area contributed by atoms with Crippen LogP contribution in [0, 0.1) is 18.3 Å². The lowest BCUT2D eigenvalue weighted by Gasteiger charge is -2.35. The number of piperazine rings is 1. The molecule has 1 aliphatic heterocycles. The predicted octanol–water partition coefficient (Wildman–Crippen LogP) is 3.58. The average Bonchev–Trinajstić information content (AvgIpc) is 2.78. The van der Waals surface area contributed by atoms with Crippen LogP contribution in [0.4, 0.5) is 5.82 Å². The summed E-state index contributed by atoms with van der Waals surface area (Å²) >= 11 is 0. The Balaban J connectivity index is 1.83. The minimum atomic E-state index is 0.220. The van der Waals surface area contributed by atoms with Crippen LogP contribution in [0.3, 0.4) is 0 Å². The molecule has 148 valence electrons. The van der Waals surface area contributed by atoms with Crippen molar-refractivity contribution in [3.05, 3.63) is 59.3 Å². The molecule has 0 bridgehead atoms. The topological polar surface area (TPSA) is 70.4 Å². The summed E-state index contributed by atoms with van der Waals surface area (Å²) in [5, 5.41) is 15.0. The normalized spacial score (nSPS) is 16.5. The van der Waals surface area contributed by atoms with E-state index in [1.54, 1.807) is 14.2 Å². The molecule has 0 radical (unpaired) electrons. The van der Waals surface area contributed by atoms with Crippen molar-refractivity contribution in [3.63, 3.8) is 0 Å². The van der Waals surface area contributed by atoms with Crippen molar-refractivity contribution >= 4 is 16.6 Å². The van der Waals surface area contributed by atoms with E-state index in [1.165, 1.54) is 5.56 Å². The van der Waals surface area contributed by atoms with Gasteiger partial charge in [0.1, 0.15) is 11.9 Å². The van der Waals surface area contributed by atoms with Crippen LogP contribution in [0.25, 0.3) is 10.8 Å². The number of hydrogen-bond donors (Lipinski definition) is 1. The molecular formula is C23H24N4O2. The average molecular weight is 388 g/mol. The maximum absolute atomic E-state index is 9.71. The highest BCUT2D eigenvalue weighted by Gasteiger charge is 2.25. The van der Waals surface area contributed by atoms with Gasteiger partial charge in [-0.1, -0.05) is 30.3 Å². The summed E-state index contributed by atoms with van der Waals surface area (Å²) in [4.78, 5) is 7.12. The first-order chi connectivity index (χ1) is 14.2. The fraction of sp³-hybridized carbons (Fsp3) is 0.304. The van der Waals surface area contributed by atoms with Crippen molar-refractivity contribution in [2.24, 2.45) is 0 Å². The van der Waals surface area contributed by atoms with Crippen LogP contribution >= 0.6 is 0 Å². The van der Waals surface area contributed by atoms with E-state index in [1.807, 2.05) is 25.1 Å². The molecule has 6 heteroatoms. The molecule has 2 heterocycles. The van der Waals surface area contributed by atoms with E-state index >= 15 is 0 Å². The molecule has 1 N–H and O–H groups in total. The second-order valence-electron chi connectivity index (χ2n) is 7.12. The summed E-state index contributed by atoms with van der Waals surface area (Å²) < 4.78 is 11.0. The van der Waals surface area contributed by atoms with Crippen LogP contribution in [0.15, 0.2) is 42.5 Å². The van der Waals surface area contributed by atoms with Gasteiger partial charge in [0.15, 0.2) is 11.5 Å². The minimum absolute atomic E-state index is 0.220. The number of fused-ring (bicyclic) bond motifs is 1. The first-order valence-electron chi connectivity index (χ1n) is 9.66. The SMILES string of the molecule is COc1cc2c(N3CCN[C@@H](c4ccccc4)C3)nc(C)c(C#N)c2cc1OC. The molecule has 2 aromatic carbocycles. The van der Waals surface area contributed by atoms with Gasteiger partial charge in [-0.3, -0.25) is 0 Å². The fourth-order valence-electron chi connectivity index (χ4n) is 3.97. The van der Waals surface area contributed by atoms with Gasteiger partial charge in [-0.15, -0.1) is 0 Å². The Bertz CT molecular complexity index is 1080. The molecular weight excluding hydrogens is 364 g/mol. The lowest BCUT2D eigenvalue weighted by atomic mass is 10.0. The molecule has 6 nitrogen and oxygen atoms in total. The highest BCUT2D eigenvalue weighted by Crippen LogP contribution is 2.38. The molecule has 0 unspecified atom stereocenters. The van der Waals surface area contributed by atoms with Crippen LogP contribution < -0.4 is 19.7 Å². The second-order valence-corrected chi connectivity index (χ2v) is 7.12. The third-order valence-corrected chi connectivity index (χ3v) is 5.46. The maximum atomic E-state index is 9.71. The van der Waals surface area contributed by atoms with Gasteiger partial charge in [-0.2, -0.15) is 5.26 Å². The van der Waals surface area contributed by atoms with E-state index in [0.717, 1.165) is 41.9 Å². The quantitative estimate of drug-likeness (QED) is 0.737.